The molecule has 2 aromatic rings. The normalized spacial score (nSPS) is 24.3. The number of carbonyl (C=O) groups is 2. The van der Waals surface area contributed by atoms with Crippen LogP contribution < -0.4 is 10.6 Å². The van der Waals surface area contributed by atoms with Crippen molar-refractivity contribution in [1.82, 2.24) is 15.6 Å². The first kappa shape index (κ1) is 20.2. The van der Waals surface area contributed by atoms with Gasteiger partial charge in [0.25, 0.3) is 5.69 Å². The summed E-state index contributed by atoms with van der Waals surface area (Å²) in [5.41, 5.74) is -4.47. The number of alkyl halides is 3. The number of pyridine rings is 1. The molecule has 0 saturated carbocycles. The fourth-order valence-corrected chi connectivity index (χ4v) is 3.11. The number of nitro benzene ring substituents is 1. The highest BCUT2D eigenvalue weighted by atomic mass is 19.4. The second kappa shape index (κ2) is 7.13. The third-order valence-corrected chi connectivity index (χ3v) is 4.50. The fourth-order valence-electron chi connectivity index (χ4n) is 3.11. The van der Waals surface area contributed by atoms with Crippen LogP contribution in [-0.4, -0.2) is 38.7 Å². The number of halogens is 3. The number of carbonyl (C=O) groups excluding carboxylic acids is 2. The van der Waals surface area contributed by atoms with Crippen LogP contribution in [0.5, 0.6) is 0 Å². The maximum absolute atomic E-state index is 13.7. The summed E-state index contributed by atoms with van der Waals surface area (Å²) in [5.74, 6) is -3.36. The molecule has 2 amide bonds. The van der Waals surface area contributed by atoms with Gasteiger partial charge in [-0.2, -0.15) is 13.2 Å². The fraction of sp³-hybridized carbons (Fsp3) is 0.235. The van der Waals surface area contributed by atoms with Gasteiger partial charge in [0.15, 0.2) is 5.78 Å². The summed E-state index contributed by atoms with van der Waals surface area (Å²) in [7, 11) is 0. The minimum Gasteiger partial charge on any atom is -0.363 e. The molecule has 3 N–H and O–H groups in total. The lowest BCUT2D eigenvalue weighted by atomic mass is 9.77. The molecular weight excluding hydrogens is 397 g/mol. The molecule has 0 bridgehead atoms. The van der Waals surface area contributed by atoms with Gasteiger partial charge in [-0.25, -0.2) is 4.79 Å². The summed E-state index contributed by atoms with van der Waals surface area (Å²) in [4.78, 5) is 38.6. The Morgan fingerprint density at radius 2 is 1.90 bits per heavy atom. The van der Waals surface area contributed by atoms with Crippen LogP contribution in [0.25, 0.3) is 0 Å². The Labute approximate surface area is 160 Å². The van der Waals surface area contributed by atoms with Gasteiger partial charge in [-0.1, -0.05) is 12.1 Å². The highest BCUT2D eigenvalue weighted by Gasteiger charge is 2.66. The molecule has 0 unspecified atom stereocenters. The summed E-state index contributed by atoms with van der Waals surface area (Å²) < 4.78 is 41.2. The van der Waals surface area contributed by atoms with Gasteiger partial charge in [-0.3, -0.25) is 19.9 Å². The summed E-state index contributed by atoms with van der Waals surface area (Å²) in [5, 5.41) is 24.8. The van der Waals surface area contributed by atoms with E-state index >= 15 is 0 Å². The van der Waals surface area contributed by atoms with Crippen molar-refractivity contribution in [2.24, 2.45) is 5.92 Å². The van der Waals surface area contributed by atoms with E-state index in [0.29, 0.717) is 0 Å². The Bertz CT molecular complexity index is 952. The second-order valence-corrected chi connectivity index (χ2v) is 6.27. The minimum absolute atomic E-state index is 0.0321. The first-order valence-corrected chi connectivity index (χ1v) is 8.11. The van der Waals surface area contributed by atoms with E-state index in [1.807, 2.05) is 0 Å². The number of rotatable bonds is 4. The molecule has 1 aromatic carbocycles. The van der Waals surface area contributed by atoms with Crippen LogP contribution in [0.15, 0.2) is 48.8 Å². The van der Waals surface area contributed by atoms with Crippen molar-refractivity contribution in [3.8, 4) is 0 Å². The van der Waals surface area contributed by atoms with E-state index in [0.717, 1.165) is 30.5 Å². The number of amides is 2. The molecular formula is C17H13F3N4O5. The van der Waals surface area contributed by atoms with Crippen LogP contribution in [0.2, 0.25) is 0 Å². The summed E-state index contributed by atoms with van der Waals surface area (Å²) >= 11 is 0. The van der Waals surface area contributed by atoms with E-state index in [4.69, 9.17) is 0 Å². The molecule has 152 valence electrons. The van der Waals surface area contributed by atoms with Gasteiger partial charge in [-0.15, -0.1) is 0 Å². The van der Waals surface area contributed by atoms with Crippen molar-refractivity contribution in [3.63, 3.8) is 0 Å². The minimum atomic E-state index is -5.40. The van der Waals surface area contributed by atoms with E-state index in [2.05, 4.69) is 10.3 Å². The number of hydrogen-bond donors (Lipinski definition) is 3. The quantitative estimate of drug-likeness (QED) is 0.401. The van der Waals surface area contributed by atoms with Gasteiger partial charge in [0, 0.05) is 30.1 Å². The molecule has 2 heterocycles. The van der Waals surface area contributed by atoms with Gasteiger partial charge >= 0.3 is 12.2 Å². The molecule has 1 saturated heterocycles. The predicted octanol–water partition coefficient (Wildman–Crippen LogP) is 2.09. The van der Waals surface area contributed by atoms with Gasteiger partial charge in [0.2, 0.25) is 5.72 Å². The molecule has 0 spiro atoms. The third kappa shape index (κ3) is 3.61. The number of aromatic nitrogens is 1. The number of hydrogen-bond acceptors (Lipinski definition) is 6. The molecule has 1 aromatic heterocycles. The number of Topliss-reactive ketones (excluding diaryl/α,β-unsaturated/α-hetero) is 1. The van der Waals surface area contributed by atoms with Gasteiger partial charge in [0.05, 0.1) is 11.0 Å². The summed E-state index contributed by atoms with van der Waals surface area (Å²) in [6.07, 6.45) is -3.06. The number of benzene rings is 1. The Morgan fingerprint density at radius 3 is 2.41 bits per heavy atom. The van der Waals surface area contributed by atoms with Crippen molar-refractivity contribution < 1.29 is 32.8 Å². The number of non-ortho nitro benzene ring substituents is 1. The number of ketones is 1. The lowest BCUT2D eigenvalue weighted by Gasteiger charge is -2.45. The average Bonchev–Trinajstić information content (AvgIpc) is 2.67. The molecule has 9 nitrogen and oxygen atoms in total. The first-order chi connectivity index (χ1) is 13.5. The van der Waals surface area contributed by atoms with Gasteiger partial charge in [-0.05, 0) is 17.7 Å². The van der Waals surface area contributed by atoms with Crippen LogP contribution >= 0.6 is 0 Å². The molecule has 1 fully saturated rings. The first-order valence-electron chi connectivity index (χ1n) is 8.11. The van der Waals surface area contributed by atoms with Crippen LogP contribution in [0.4, 0.5) is 23.7 Å². The third-order valence-electron chi connectivity index (χ3n) is 4.50. The summed E-state index contributed by atoms with van der Waals surface area (Å²) in [6.45, 7) is 0. The Morgan fingerprint density at radius 1 is 1.24 bits per heavy atom. The van der Waals surface area contributed by atoms with E-state index in [1.54, 1.807) is 0 Å². The van der Waals surface area contributed by atoms with Crippen LogP contribution in [0.1, 0.15) is 22.0 Å². The van der Waals surface area contributed by atoms with Gasteiger partial charge < -0.3 is 15.7 Å². The van der Waals surface area contributed by atoms with Crippen LogP contribution in [-0.2, 0) is 0 Å². The Hall–Kier alpha value is -3.54. The van der Waals surface area contributed by atoms with Gasteiger partial charge in [0.1, 0.15) is 5.92 Å². The van der Waals surface area contributed by atoms with Crippen molar-refractivity contribution in [3.05, 3.63) is 70.0 Å². The highest BCUT2D eigenvalue weighted by Crippen LogP contribution is 2.44. The van der Waals surface area contributed by atoms with Crippen molar-refractivity contribution >= 4 is 17.5 Å². The Balaban J connectivity index is 2.14. The molecule has 0 radical (unpaired) electrons. The van der Waals surface area contributed by atoms with E-state index in [-0.39, 0.29) is 16.8 Å². The largest absolute Gasteiger partial charge is 0.437 e. The lowest BCUT2D eigenvalue weighted by molar-refractivity contribution is -0.384. The monoisotopic (exact) mass is 410 g/mol. The molecule has 1 aliphatic rings. The van der Waals surface area contributed by atoms with Crippen molar-refractivity contribution in [2.45, 2.75) is 17.9 Å². The topological polar surface area (TPSA) is 134 Å². The van der Waals surface area contributed by atoms with Crippen molar-refractivity contribution in [1.29, 1.82) is 0 Å². The van der Waals surface area contributed by atoms with E-state index in [1.165, 1.54) is 23.6 Å². The second-order valence-electron chi connectivity index (χ2n) is 6.27. The maximum Gasteiger partial charge on any atom is 0.437 e. The smallest absolute Gasteiger partial charge is 0.363 e. The number of aliphatic hydroxyl groups is 1. The zero-order valence-corrected chi connectivity index (χ0v) is 14.4. The average molecular weight is 410 g/mol. The van der Waals surface area contributed by atoms with Crippen molar-refractivity contribution in [2.75, 3.05) is 0 Å². The molecule has 29 heavy (non-hydrogen) atoms. The zero-order chi connectivity index (χ0) is 21.4. The summed E-state index contributed by atoms with van der Waals surface area (Å²) in [6, 6.07) is 3.81. The standard InChI is InChI=1S/C17H13F3N4O5/c18-17(19,20)16(27)12(14(25)10-2-1-7-21-8-10)13(22-15(26)23-16)9-3-5-11(6-4-9)24(28)29/h1-8,12-13,27H,(H2,22,23,26)/t12-,13-,16+/m0/s1. The highest BCUT2D eigenvalue weighted by molar-refractivity contribution is 6.00. The van der Waals surface area contributed by atoms with Crippen LogP contribution in [0, 0.1) is 16.0 Å². The van der Waals surface area contributed by atoms with E-state index < -0.39 is 40.6 Å². The Kier molecular flexibility index (Phi) is 4.96. The predicted molar refractivity (Wildman–Crippen MR) is 90.6 cm³/mol. The SMILES string of the molecule is O=C1N[C@@H](c2ccc([N+](=O)[O-])cc2)[C@@H](C(=O)c2cccnc2)[C@@](O)(C(F)(F)F)N1. The van der Waals surface area contributed by atoms with Crippen LogP contribution in [0.3, 0.4) is 0 Å². The number of nitrogens with zero attached hydrogens (tertiary/aromatic N) is 2. The van der Waals surface area contributed by atoms with E-state index in [9.17, 15) is 38.0 Å². The number of nitrogens with one attached hydrogen (secondary N) is 2. The number of urea groups is 1. The maximum atomic E-state index is 13.7. The molecule has 3 rings (SSSR count). The molecule has 0 aliphatic carbocycles. The molecule has 12 heteroatoms. The lowest BCUT2D eigenvalue weighted by Crippen LogP contribution is -2.72. The zero-order valence-electron chi connectivity index (χ0n) is 14.4. The number of nitro groups is 1. The molecule has 1 aliphatic heterocycles. The molecule has 3 atom stereocenters.